The van der Waals surface area contributed by atoms with Gasteiger partial charge in [0, 0.05) is 24.5 Å². The molecule has 128 valence electrons. The van der Waals surface area contributed by atoms with Crippen molar-refractivity contribution < 1.29 is 9.18 Å². The van der Waals surface area contributed by atoms with Crippen LogP contribution in [0.4, 0.5) is 4.39 Å². The van der Waals surface area contributed by atoms with E-state index in [4.69, 9.17) is 0 Å². The molecule has 3 aromatic rings. The Balaban J connectivity index is 1.74. The third-order valence-corrected chi connectivity index (χ3v) is 4.88. The van der Waals surface area contributed by atoms with Crippen molar-refractivity contribution in [3.8, 4) is 0 Å². The molecule has 0 bridgehead atoms. The number of aromatic amines is 1. The molecule has 5 nitrogen and oxygen atoms in total. The first-order chi connectivity index (χ1) is 11.9. The summed E-state index contributed by atoms with van der Waals surface area (Å²) in [4.78, 5) is 19.4. The summed E-state index contributed by atoms with van der Waals surface area (Å²) in [6.07, 6.45) is 0.664. The van der Waals surface area contributed by atoms with Crippen LogP contribution in [0.3, 0.4) is 0 Å². The average Bonchev–Trinajstić information content (AvgIpc) is 2.94. The number of fused-ring (bicyclic) bond motifs is 2. The predicted octanol–water partition coefficient (Wildman–Crippen LogP) is 3.22. The summed E-state index contributed by atoms with van der Waals surface area (Å²) >= 11 is 0. The molecule has 0 saturated carbocycles. The highest BCUT2D eigenvalue weighted by Gasteiger charge is 2.26. The van der Waals surface area contributed by atoms with E-state index in [2.05, 4.69) is 15.2 Å². The van der Waals surface area contributed by atoms with E-state index in [1.54, 1.807) is 6.07 Å². The van der Waals surface area contributed by atoms with Gasteiger partial charge in [0.25, 0.3) is 5.91 Å². The van der Waals surface area contributed by atoms with Crippen molar-refractivity contribution in [2.45, 2.75) is 33.7 Å². The van der Waals surface area contributed by atoms with Gasteiger partial charge in [-0.3, -0.25) is 9.89 Å². The highest BCUT2D eigenvalue weighted by atomic mass is 19.1. The van der Waals surface area contributed by atoms with Gasteiger partial charge in [-0.1, -0.05) is 0 Å². The van der Waals surface area contributed by atoms with Crippen LogP contribution in [-0.4, -0.2) is 32.5 Å². The van der Waals surface area contributed by atoms with Crippen LogP contribution in [0.2, 0.25) is 0 Å². The Kier molecular flexibility index (Phi) is 3.56. The van der Waals surface area contributed by atoms with Crippen molar-refractivity contribution in [1.82, 2.24) is 20.1 Å². The topological polar surface area (TPSA) is 61.9 Å². The van der Waals surface area contributed by atoms with Gasteiger partial charge in [-0.2, -0.15) is 5.10 Å². The number of hydrogen-bond acceptors (Lipinski definition) is 3. The third kappa shape index (κ3) is 2.58. The van der Waals surface area contributed by atoms with Crippen LogP contribution >= 0.6 is 0 Å². The van der Waals surface area contributed by atoms with E-state index in [9.17, 15) is 9.18 Å². The van der Waals surface area contributed by atoms with E-state index in [0.29, 0.717) is 30.7 Å². The highest BCUT2D eigenvalue weighted by molar-refractivity contribution is 6.06. The maximum absolute atomic E-state index is 13.6. The lowest BCUT2D eigenvalue weighted by molar-refractivity contribution is 0.0736. The SMILES string of the molecule is Cc1cc(C(=O)N2CCc3cc(F)cc(C)c3C2)c2c(C)[nH]nc2n1. The van der Waals surface area contributed by atoms with Gasteiger partial charge in [-0.25, -0.2) is 9.37 Å². The molecule has 1 aliphatic heterocycles. The quantitative estimate of drug-likeness (QED) is 0.741. The van der Waals surface area contributed by atoms with E-state index < -0.39 is 0 Å². The Hall–Kier alpha value is -2.76. The average molecular weight is 338 g/mol. The van der Waals surface area contributed by atoms with Crippen molar-refractivity contribution in [2.24, 2.45) is 0 Å². The molecule has 0 radical (unpaired) electrons. The fourth-order valence-corrected chi connectivity index (χ4v) is 3.63. The number of amides is 1. The molecule has 1 aliphatic rings. The summed E-state index contributed by atoms with van der Waals surface area (Å²) in [7, 11) is 0. The number of benzene rings is 1. The van der Waals surface area contributed by atoms with Gasteiger partial charge < -0.3 is 4.90 Å². The molecule has 0 fully saturated rings. The molecule has 1 amide bonds. The van der Waals surface area contributed by atoms with Gasteiger partial charge in [0.2, 0.25) is 0 Å². The number of nitrogens with one attached hydrogen (secondary N) is 1. The van der Waals surface area contributed by atoms with E-state index in [1.807, 2.05) is 31.7 Å². The third-order valence-electron chi connectivity index (χ3n) is 4.88. The van der Waals surface area contributed by atoms with Crippen LogP contribution in [0.1, 0.15) is 38.4 Å². The number of carbonyl (C=O) groups is 1. The molecule has 1 aromatic carbocycles. The monoisotopic (exact) mass is 338 g/mol. The Morgan fingerprint density at radius 3 is 2.84 bits per heavy atom. The molecule has 2 aromatic heterocycles. The molecule has 3 heterocycles. The zero-order valence-corrected chi connectivity index (χ0v) is 14.5. The van der Waals surface area contributed by atoms with Crippen LogP contribution in [0.15, 0.2) is 18.2 Å². The van der Waals surface area contributed by atoms with Crippen molar-refractivity contribution in [3.63, 3.8) is 0 Å². The first kappa shape index (κ1) is 15.7. The maximum Gasteiger partial charge on any atom is 0.255 e. The van der Waals surface area contributed by atoms with Gasteiger partial charge in [0.15, 0.2) is 5.65 Å². The number of H-pyrrole nitrogens is 1. The second-order valence-corrected chi connectivity index (χ2v) is 6.70. The lowest BCUT2D eigenvalue weighted by Gasteiger charge is -2.30. The van der Waals surface area contributed by atoms with Crippen LogP contribution in [0.25, 0.3) is 11.0 Å². The van der Waals surface area contributed by atoms with Gasteiger partial charge in [0.05, 0.1) is 10.9 Å². The van der Waals surface area contributed by atoms with E-state index in [1.165, 1.54) is 6.07 Å². The van der Waals surface area contributed by atoms with E-state index in [-0.39, 0.29) is 11.7 Å². The van der Waals surface area contributed by atoms with Crippen molar-refractivity contribution in [3.05, 3.63) is 57.7 Å². The largest absolute Gasteiger partial charge is 0.334 e. The lowest BCUT2D eigenvalue weighted by Crippen LogP contribution is -2.36. The minimum Gasteiger partial charge on any atom is -0.334 e. The first-order valence-electron chi connectivity index (χ1n) is 8.33. The minimum absolute atomic E-state index is 0.0330. The fraction of sp³-hybridized carbons (Fsp3) is 0.316. The van der Waals surface area contributed by atoms with E-state index in [0.717, 1.165) is 33.5 Å². The van der Waals surface area contributed by atoms with E-state index >= 15 is 0 Å². The van der Waals surface area contributed by atoms with Crippen LogP contribution in [0.5, 0.6) is 0 Å². The highest BCUT2D eigenvalue weighted by Crippen LogP contribution is 2.27. The zero-order chi connectivity index (χ0) is 17.7. The molecule has 0 aliphatic carbocycles. The molecular weight excluding hydrogens is 319 g/mol. The molecule has 0 atom stereocenters. The number of halogens is 1. The second kappa shape index (κ2) is 5.65. The van der Waals surface area contributed by atoms with Crippen molar-refractivity contribution in [1.29, 1.82) is 0 Å². The van der Waals surface area contributed by atoms with Gasteiger partial charge in [0.1, 0.15) is 5.82 Å². The Labute approximate surface area is 144 Å². The van der Waals surface area contributed by atoms with Crippen LogP contribution in [-0.2, 0) is 13.0 Å². The van der Waals surface area contributed by atoms with Crippen molar-refractivity contribution >= 4 is 16.9 Å². The summed E-state index contributed by atoms with van der Waals surface area (Å²) in [5.41, 5.74) is 5.72. The Morgan fingerprint density at radius 1 is 1.24 bits per heavy atom. The summed E-state index contributed by atoms with van der Waals surface area (Å²) < 4.78 is 13.6. The summed E-state index contributed by atoms with van der Waals surface area (Å²) in [5, 5.41) is 7.86. The number of hydrogen-bond donors (Lipinski definition) is 1. The molecule has 1 N–H and O–H groups in total. The smallest absolute Gasteiger partial charge is 0.255 e. The number of nitrogens with zero attached hydrogens (tertiary/aromatic N) is 3. The van der Waals surface area contributed by atoms with Crippen LogP contribution in [0, 0.1) is 26.6 Å². The number of aromatic nitrogens is 3. The number of carbonyl (C=O) groups excluding carboxylic acids is 1. The number of aryl methyl sites for hydroxylation is 3. The summed E-state index contributed by atoms with van der Waals surface area (Å²) in [6.45, 7) is 6.72. The van der Waals surface area contributed by atoms with Crippen molar-refractivity contribution in [2.75, 3.05) is 6.54 Å². The van der Waals surface area contributed by atoms with Gasteiger partial charge >= 0.3 is 0 Å². The molecule has 0 saturated heterocycles. The second-order valence-electron chi connectivity index (χ2n) is 6.70. The Bertz CT molecular complexity index is 1010. The molecule has 4 rings (SSSR count). The first-order valence-corrected chi connectivity index (χ1v) is 8.33. The molecular formula is C19H19FN4O. The number of pyridine rings is 1. The normalized spacial score (nSPS) is 14.0. The molecule has 6 heteroatoms. The summed E-state index contributed by atoms with van der Waals surface area (Å²) in [6, 6.07) is 4.93. The molecule has 25 heavy (non-hydrogen) atoms. The standard InChI is InChI=1S/C19H19FN4O/c1-10-6-14(20)8-13-4-5-24(9-16(10)13)19(25)15-7-11(2)21-18-17(15)12(3)22-23-18/h6-8H,4-5,9H2,1-3H3,(H,21,22,23). The van der Waals surface area contributed by atoms with Gasteiger partial charge in [-0.15, -0.1) is 0 Å². The predicted molar refractivity (Wildman–Crippen MR) is 92.9 cm³/mol. The molecule has 0 spiro atoms. The number of rotatable bonds is 1. The fourth-order valence-electron chi connectivity index (χ4n) is 3.63. The molecule has 0 unspecified atom stereocenters. The maximum atomic E-state index is 13.6. The zero-order valence-electron chi connectivity index (χ0n) is 14.5. The summed E-state index contributed by atoms with van der Waals surface area (Å²) in [5.74, 6) is -0.245. The van der Waals surface area contributed by atoms with Crippen LogP contribution < -0.4 is 0 Å². The lowest BCUT2D eigenvalue weighted by atomic mass is 9.94. The Morgan fingerprint density at radius 2 is 2.04 bits per heavy atom. The van der Waals surface area contributed by atoms with Gasteiger partial charge in [-0.05, 0) is 62.1 Å². The minimum atomic E-state index is -0.212.